The van der Waals surface area contributed by atoms with Crippen molar-refractivity contribution in [3.8, 4) is 0 Å². The Labute approximate surface area is 131 Å². The van der Waals surface area contributed by atoms with Crippen LogP contribution in [0.25, 0.3) is 21.8 Å². The Hall–Kier alpha value is -2.29. The van der Waals surface area contributed by atoms with E-state index in [1.165, 1.54) is 21.8 Å². The van der Waals surface area contributed by atoms with Gasteiger partial charge in [0, 0.05) is 47.9 Å². The molecule has 0 aliphatic heterocycles. The number of hydrogen-bond donors (Lipinski definition) is 0. The first-order valence-electron chi connectivity index (χ1n) is 8.00. The van der Waals surface area contributed by atoms with Gasteiger partial charge in [0.15, 0.2) is 0 Å². The van der Waals surface area contributed by atoms with Crippen LogP contribution in [0.2, 0.25) is 0 Å². The van der Waals surface area contributed by atoms with E-state index in [0.717, 1.165) is 19.6 Å². The van der Waals surface area contributed by atoms with Crippen LogP contribution in [0.3, 0.4) is 0 Å². The normalized spacial score (nSPS) is 11.2. The molecule has 0 bridgehead atoms. The van der Waals surface area contributed by atoms with Crippen LogP contribution < -0.4 is 0 Å². The summed E-state index contributed by atoms with van der Waals surface area (Å²) in [5.41, 5.74) is 2.41. The second-order valence-electron chi connectivity index (χ2n) is 5.50. The highest BCUT2D eigenvalue weighted by atomic mass is 16.2. The Balaban J connectivity index is 1.97. The highest BCUT2D eigenvalue weighted by Crippen LogP contribution is 2.28. The lowest BCUT2D eigenvalue weighted by molar-refractivity contribution is -0.131. The summed E-state index contributed by atoms with van der Waals surface area (Å²) in [4.78, 5) is 14.2. The summed E-state index contributed by atoms with van der Waals surface area (Å²) < 4.78 is 2.27. The molecular formula is C19H22N2O. The number of aryl methyl sites for hydroxylation is 1. The van der Waals surface area contributed by atoms with Crippen LogP contribution in [0.1, 0.15) is 20.3 Å². The van der Waals surface area contributed by atoms with Gasteiger partial charge < -0.3 is 9.47 Å². The summed E-state index contributed by atoms with van der Waals surface area (Å²) in [7, 11) is 0. The minimum absolute atomic E-state index is 0.229. The minimum atomic E-state index is 0.229. The molecule has 0 N–H and O–H groups in total. The standard InChI is InChI=1S/C19H22N2O/c1-3-20(4-2)19(22)13-14-21-17-11-7-5-9-15(17)16-10-6-8-12-18(16)21/h5-12H,3-4,13-14H2,1-2H3. The monoisotopic (exact) mass is 294 g/mol. The summed E-state index contributed by atoms with van der Waals surface area (Å²) in [6.07, 6.45) is 0.546. The van der Waals surface area contributed by atoms with Gasteiger partial charge in [-0.3, -0.25) is 4.79 Å². The van der Waals surface area contributed by atoms with Crippen molar-refractivity contribution in [3.63, 3.8) is 0 Å². The Morgan fingerprint density at radius 1 is 0.909 bits per heavy atom. The average molecular weight is 294 g/mol. The Bertz CT molecular complexity index is 746. The molecule has 114 valence electrons. The zero-order valence-corrected chi connectivity index (χ0v) is 13.2. The van der Waals surface area contributed by atoms with E-state index in [1.807, 2.05) is 18.7 Å². The third kappa shape index (κ3) is 2.47. The fraction of sp³-hybridized carbons (Fsp3) is 0.316. The number of benzene rings is 2. The predicted molar refractivity (Wildman–Crippen MR) is 92.0 cm³/mol. The Kier molecular flexibility index (Phi) is 4.14. The molecule has 0 aliphatic rings. The minimum Gasteiger partial charge on any atom is -0.343 e. The van der Waals surface area contributed by atoms with E-state index in [-0.39, 0.29) is 5.91 Å². The summed E-state index contributed by atoms with van der Waals surface area (Å²) >= 11 is 0. The fourth-order valence-corrected chi connectivity index (χ4v) is 3.19. The fourth-order valence-electron chi connectivity index (χ4n) is 3.19. The second-order valence-corrected chi connectivity index (χ2v) is 5.50. The Morgan fingerprint density at radius 3 is 1.91 bits per heavy atom. The smallest absolute Gasteiger partial charge is 0.224 e. The molecule has 2 aromatic carbocycles. The highest BCUT2D eigenvalue weighted by Gasteiger charge is 2.13. The van der Waals surface area contributed by atoms with Gasteiger partial charge in [-0.05, 0) is 26.0 Å². The highest BCUT2D eigenvalue weighted by molar-refractivity contribution is 6.08. The molecular weight excluding hydrogens is 272 g/mol. The van der Waals surface area contributed by atoms with Crippen LogP contribution in [0.4, 0.5) is 0 Å². The van der Waals surface area contributed by atoms with Gasteiger partial charge in [-0.25, -0.2) is 0 Å². The number of nitrogens with zero attached hydrogens (tertiary/aromatic N) is 2. The maximum atomic E-state index is 12.3. The maximum Gasteiger partial charge on any atom is 0.224 e. The number of para-hydroxylation sites is 2. The maximum absolute atomic E-state index is 12.3. The first-order valence-corrected chi connectivity index (χ1v) is 8.00. The van der Waals surface area contributed by atoms with Crippen molar-refractivity contribution in [2.45, 2.75) is 26.8 Å². The topological polar surface area (TPSA) is 25.2 Å². The molecule has 0 spiro atoms. The molecule has 3 rings (SSSR count). The molecule has 0 saturated carbocycles. The molecule has 1 aromatic heterocycles. The summed E-state index contributed by atoms with van der Waals surface area (Å²) in [6.45, 7) is 6.35. The van der Waals surface area contributed by atoms with Gasteiger partial charge in [-0.15, -0.1) is 0 Å². The van der Waals surface area contributed by atoms with Gasteiger partial charge in [0.25, 0.3) is 0 Å². The molecule has 1 heterocycles. The molecule has 3 aromatic rings. The molecule has 0 saturated heterocycles. The van der Waals surface area contributed by atoms with Crippen LogP contribution in [0, 0.1) is 0 Å². The molecule has 0 radical (unpaired) electrons. The number of amides is 1. The molecule has 0 aliphatic carbocycles. The van der Waals surface area contributed by atoms with E-state index in [2.05, 4.69) is 53.1 Å². The van der Waals surface area contributed by atoms with E-state index >= 15 is 0 Å². The number of fused-ring (bicyclic) bond motifs is 3. The van der Waals surface area contributed by atoms with E-state index in [9.17, 15) is 4.79 Å². The second kappa shape index (κ2) is 6.22. The quantitative estimate of drug-likeness (QED) is 0.697. The van der Waals surface area contributed by atoms with Gasteiger partial charge in [0.05, 0.1) is 0 Å². The summed E-state index contributed by atoms with van der Waals surface area (Å²) in [5.74, 6) is 0.229. The number of rotatable bonds is 5. The lowest BCUT2D eigenvalue weighted by Crippen LogP contribution is -2.31. The summed E-state index contributed by atoms with van der Waals surface area (Å²) in [6, 6.07) is 16.8. The number of hydrogen-bond acceptors (Lipinski definition) is 1. The van der Waals surface area contributed by atoms with Crippen molar-refractivity contribution in [1.82, 2.24) is 9.47 Å². The van der Waals surface area contributed by atoms with Gasteiger partial charge >= 0.3 is 0 Å². The molecule has 3 heteroatoms. The molecule has 0 atom stereocenters. The van der Waals surface area contributed by atoms with Gasteiger partial charge in [-0.1, -0.05) is 36.4 Å². The van der Waals surface area contributed by atoms with Crippen molar-refractivity contribution in [3.05, 3.63) is 48.5 Å². The lowest BCUT2D eigenvalue weighted by Gasteiger charge is -2.19. The first-order chi connectivity index (χ1) is 10.8. The predicted octanol–water partition coefficient (Wildman–Crippen LogP) is 4.05. The van der Waals surface area contributed by atoms with Crippen molar-refractivity contribution in [2.24, 2.45) is 0 Å². The van der Waals surface area contributed by atoms with Gasteiger partial charge in [-0.2, -0.15) is 0 Å². The van der Waals surface area contributed by atoms with Crippen LogP contribution >= 0.6 is 0 Å². The largest absolute Gasteiger partial charge is 0.343 e. The van der Waals surface area contributed by atoms with Gasteiger partial charge in [0.2, 0.25) is 5.91 Å². The van der Waals surface area contributed by atoms with Crippen molar-refractivity contribution in [2.75, 3.05) is 13.1 Å². The number of aromatic nitrogens is 1. The number of carbonyl (C=O) groups excluding carboxylic acids is 1. The third-order valence-corrected chi connectivity index (χ3v) is 4.35. The van der Waals surface area contributed by atoms with E-state index in [1.54, 1.807) is 0 Å². The van der Waals surface area contributed by atoms with Crippen LogP contribution in [0.5, 0.6) is 0 Å². The van der Waals surface area contributed by atoms with Crippen LogP contribution in [0.15, 0.2) is 48.5 Å². The van der Waals surface area contributed by atoms with Crippen LogP contribution in [-0.2, 0) is 11.3 Å². The van der Waals surface area contributed by atoms with Crippen molar-refractivity contribution < 1.29 is 4.79 Å². The summed E-state index contributed by atoms with van der Waals surface area (Å²) in [5, 5.41) is 2.52. The molecule has 1 amide bonds. The molecule has 0 fully saturated rings. The molecule has 22 heavy (non-hydrogen) atoms. The van der Waals surface area contributed by atoms with E-state index < -0.39 is 0 Å². The third-order valence-electron chi connectivity index (χ3n) is 4.35. The lowest BCUT2D eigenvalue weighted by atomic mass is 10.2. The van der Waals surface area contributed by atoms with Crippen LogP contribution in [-0.4, -0.2) is 28.5 Å². The zero-order valence-electron chi connectivity index (χ0n) is 13.2. The van der Waals surface area contributed by atoms with Crippen molar-refractivity contribution >= 4 is 27.7 Å². The average Bonchev–Trinajstić information content (AvgIpc) is 2.88. The van der Waals surface area contributed by atoms with Crippen molar-refractivity contribution in [1.29, 1.82) is 0 Å². The molecule has 3 nitrogen and oxygen atoms in total. The zero-order chi connectivity index (χ0) is 15.5. The van der Waals surface area contributed by atoms with E-state index in [0.29, 0.717) is 6.42 Å². The Morgan fingerprint density at radius 2 is 1.41 bits per heavy atom. The first kappa shape index (κ1) is 14.6. The molecule has 0 unspecified atom stereocenters. The van der Waals surface area contributed by atoms with Gasteiger partial charge in [0.1, 0.15) is 0 Å². The number of carbonyl (C=O) groups is 1. The van der Waals surface area contributed by atoms with E-state index in [4.69, 9.17) is 0 Å². The SMILES string of the molecule is CCN(CC)C(=O)CCn1c2ccccc2c2ccccc21.